The van der Waals surface area contributed by atoms with Crippen LogP contribution in [0.1, 0.15) is 95.6 Å². The van der Waals surface area contributed by atoms with E-state index in [9.17, 15) is 10.2 Å². The third kappa shape index (κ3) is 11.3. The number of hydrogen-bond donors (Lipinski definition) is 6. The van der Waals surface area contributed by atoms with Crippen molar-refractivity contribution in [3.05, 3.63) is 35.9 Å². The predicted octanol–water partition coefficient (Wildman–Crippen LogP) is 3.92. The van der Waals surface area contributed by atoms with E-state index in [0.29, 0.717) is 30.7 Å². The predicted molar refractivity (Wildman–Crippen MR) is 186 cm³/mol. The first-order valence-electron chi connectivity index (χ1n) is 18.0. The molecule has 3 aliphatic rings. The van der Waals surface area contributed by atoms with Crippen molar-refractivity contribution < 1.29 is 10.2 Å². The van der Waals surface area contributed by atoms with Gasteiger partial charge in [-0.3, -0.25) is 4.90 Å². The number of hydrogen-bond acceptors (Lipinski definition) is 11. The number of anilines is 3. The topological polar surface area (TPSA) is 148 Å². The van der Waals surface area contributed by atoms with Crippen molar-refractivity contribution in [2.75, 3.05) is 68.3 Å². The van der Waals surface area contributed by atoms with E-state index in [-0.39, 0.29) is 12.0 Å². The maximum absolute atomic E-state index is 9.78. The molecule has 1 atom stereocenters. The second-order valence-corrected chi connectivity index (χ2v) is 14.2. The van der Waals surface area contributed by atoms with Crippen molar-refractivity contribution in [1.82, 2.24) is 30.5 Å². The monoisotopic (exact) mass is 637 g/mol. The fourth-order valence-corrected chi connectivity index (χ4v) is 7.49. The number of aliphatic hydroxyl groups is 2. The Morgan fingerprint density at radius 3 is 2.35 bits per heavy atom. The van der Waals surface area contributed by atoms with Gasteiger partial charge in [0, 0.05) is 38.6 Å². The van der Waals surface area contributed by atoms with Crippen LogP contribution in [-0.4, -0.2) is 94.3 Å². The summed E-state index contributed by atoms with van der Waals surface area (Å²) in [6, 6.07) is 11.4. The van der Waals surface area contributed by atoms with Crippen LogP contribution < -0.4 is 26.6 Å². The Bertz CT molecular complexity index is 1150. The van der Waals surface area contributed by atoms with Gasteiger partial charge in [-0.25, -0.2) is 0 Å². The minimum Gasteiger partial charge on any atom is -0.368 e. The van der Waals surface area contributed by atoms with E-state index in [0.717, 1.165) is 64.3 Å². The highest BCUT2D eigenvalue weighted by atomic mass is 16.5. The summed E-state index contributed by atoms with van der Waals surface area (Å²) >= 11 is 0. The van der Waals surface area contributed by atoms with Crippen LogP contribution in [0.4, 0.5) is 17.8 Å². The molecule has 0 amide bonds. The average molecular weight is 638 g/mol. The highest BCUT2D eigenvalue weighted by Gasteiger charge is 2.30. The van der Waals surface area contributed by atoms with Gasteiger partial charge in [0.15, 0.2) is 5.79 Å². The molecule has 46 heavy (non-hydrogen) atoms. The van der Waals surface area contributed by atoms with E-state index in [1.807, 2.05) is 6.07 Å². The Kier molecular flexibility index (Phi) is 13.3. The zero-order valence-corrected chi connectivity index (χ0v) is 28.0. The SMILES string of the molecule is CC(O)(O)CCCN1CCN(c2nc(N)nc(NCC3CCC(CNCCCNC4CCCCC4)CC3)n2)CC1c1ccccc1. The number of benzene rings is 1. The van der Waals surface area contributed by atoms with Crippen molar-refractivity contribution in [1.29, 1.82) is 0 Å². The van der Waals surface area contributed by atoms with Gasteiger partial charge in [-0.05, 0) is 102 Å². The second-order valence-electron chi connectivity index (χ2n) is 14.2. The summed E-state index contributed by atoms with van der Waals surface area (Å²) in [5, 5.41) is 30.5. The lowest BCUT2D eigenvalue weighted by molar-refractivity contribution is -0.150. The summed E-state index contributed by atoms with van der Waals surface area (Å²) in [5.74, 6) is 1.14. The maximum atomic E-state index is 9.78. The first-order valence-corrected chi connectivity index (χ1v) is 18.0. The number of rotatable bonds is 16. The molecule has 11 heteroatoms. The average Bonchev–Trinajstić information content (AvgIpc) is 3.06. The molecule has 0 radical (unpaired) electrons. The third-order valence-corrected chi connectivity index (χ3v) is 10.2. The molecular formula is C35H59N9O2. The maximum Gasteiger partial charge on any atom is 0.232 e. The largest absolute Gasteiger partial charge is 0.368 e. The van der Waals surface area contributed by atoms with Crippen LogP contribution in [0.5, 0.6) is 0 Å². The van der Waals surface area contributed by atoms with Crippen molar-refractivity contribution in [3.63, 3.8) is 0 Å². The van der Waals surface area contributed by atoms with E-state index in [1.165, 1.54) is 76.7 Å². The molecule has 0 bridgehead atoms. The van der Waals surface area contributed by atoms with Crippen LogP contribution in [0.15, 0.2) is 30.3 Å². The van der Waals surface area contributed by atoms with E-state index in [1.54, 1.807) is 0 Å². The van der Waals surface area contributed by atoms with E-state index in [2.05, 4.69) is 60.0 Å². The van der Waals surface area contributed by atoms with E-state index >= 15 is 0 Å². The molecule has 2 aliphatic carbocycles. The van der Waals surface area contributed by atoms with Gasteiger partial charge in [0.1, 0.15) is 0 Å². The van der Waals surface area contributed by atoms with Gasteiger partial charge in [0.25, 0.3) is 0 Å². The quantitative estimate of drug-likeness (QED) is 0.118. The molecule has 11 nitrogen and oxygen atoms in total. The van der Waals surface area contributed by atoms with Crippen LogP contribution in [0.2, 0.25) is 0 Å². The third-order valence-electron chi connectivity index (χ3n) is 10.2. The van der Waals surface area contributed by atoms with Crippen LogP contribution in [0, 0.1) is 11.8 Å². The van der Waals surface area contributed by atoms with Gasteiger partial charge >= 0.3 is 0 Å². The van der Waals surface area contributed by atoms with E-state index in [4.69, 9.17) is 10.7 Å². The molecule has 1 aliphatic heterocycles. The fraction of sp³-hybridized carbons (Fsp3) is 0.743. The van der Waals surface area contributed by atoms with E-state index < -0.39 is 5.79 Å². The smallest absolute Gasteiger partial charge is 0.232 e. The molecule has 5 rings (SSSR count). The van der Waals surface area contributed by atoms with Crippen molar-refractivity contribution >= 4 is 17.8 Å². The summed E-state index contributed by atoms with van der Waals surface area (Å²) in [7, 11) is 0. The molecule has 1 aromatic carbocycles. The van der Waals surface area contributed by atoms with Crippen LogP contribution >= 0.6 is 0 Å². The molecule has 2 heterocycles. The molecule has 0 spiro atoms. The normalized spacial score (nSPS) is 23.5. The molecule has 2 aromatic rings. The van der Waals surface area contributed by atoms with Gasteiger partial charge < -0.3 is 36.8 Å². The van der Waals surface area contributed by atoms with Crippen molar-refractivity contribution in [3.8, 4) is 0 Å². The number of nitrogens with one attached hydrogen (secondary N) is 3. The van der Waals surface area contributed by atoms with Crippen molar-refractivity contribution in [2.24, 2.45) is 11.8 Å². The highest BCUT2D eigenvalue weighted by Crippen LogP contribution is 2.30. The first-order chi connectivity index (χ1) is 22.3. The molecule has 3 fully saturated rings. The summed E-state index contributed by atoms with van der Waals surface area (Å²) in [6.07, 6.45) is 14.2. The molecule has 1 saturated heterocycles. The molecule has 1 unspecified atom stereocenters. The number of piperazine rings is 1. The molecular weight excluding hydrogens is 578 g/mol. The number of nitrogens with zero attached hydrogens (tertiary/aromatic N) is 5. The Hall–Kier alpha value is -2.57. The standard InChI is InChI=1S/C35H59N9O2/c1-35(45,46)18-8-21-43-22-23-44(26-31(43)29-10-4-2-5-11-29)34-41-32(36)40-33(42-34)39-25-28-16-14-27(15-17-28)24-37-19-9-20-38-30-12-6-3-7-13-30/h2,4-5,10-11,27-28,30-31,37-38,45-46H,3,6-9,12-26H2,1H3,(H3,36,39,40,41,42). The van der Waals surface area contributed by atoms with Gasteiger partial charge in [-0.2, -0.15) is 15.0 Å². The molecule has 256 valence electrons. The van der Waals surface area contributed by atoms with Gasteiger partial charge in [-0.1, -0.05) is 49.6 Å². The Labute approximate surface area is 276 Å². The van der Waals surface area contributed by atoms with Crippen molar-refractivity contribution in [2.45, 2.75) is 102 Å². The summed E-state index contributed by atoms with van der Waals surface area (Å²) in [4.78, 5) is 18.4. The summed E-state index contributed by atoms with van der Waals surface area (Å²) in [6.45, 7) is 8.76. The van der Waals surface area contributed by atoms with Gasteiger partial charge in [-0.15, -0.1) is 0 Å². The lowest BCUT2D eigenvalue weighted by Crippen LogP contribution is -2.49. The zero-order valence-electron chi connectivity index (χ0n) is 28.0. The van der Waals surface area contributed by atoms with Crippen LogP contribution in [0.25, 0.3) is 0 Å². The Balaban J connectivity index is 1.05. The minimum atomic E-state index is -1.64. The Morgan fingerprint density at radius 2 is 1.61 bits per heavy atom. The molecule has 2 saturated carbocycles. The second kappa shape index (κ2) is 17.5. The lowest BCUT2D eigenvalue weighted by atomic mass is 9.82. The van der Waals surface area contributed by atoms with Crippen LogP contribution in [-0.2, 0) is 0 Å². The first kappa shape index (κ1) is 34.8. The zero-order chi connectivity index (χ0) is 32.2. The Morgan fingerprint density at radius 1 is 0.870 bits per heavy atom. The minimum absolute atomic E-state index is 0.135. The fourth-order valence-electron chi connectivity index (χ4n) is 7.49. The highest BCUT2D eigenvalue weighted by molar-refractivity contribution is 5.43. The summed E-state index contributed by atoms with van der Waals surface area (Å²) < 4.78 is 0. The van der Waals surface area contributed by atoms with Gasteiger partial charge in [0.05, 0.1) is 6.04 Å². The lowest BCUT2D eigenvalue weighted by Gasteiger charge is -2.42. The summed E-state index contributed by atoms with van der Waals surface area (Å²) in [5.41, 5.74) is 7.41. The number of nitrogen functional groups attached to an aromatic ring is 1. The molecule has 1 aromatic heterocycles. The van der Waals surface area contributed by atoms with Gasteiger partial charge in [0.2, 0.25) is 17.8 Å². The number of nitrogens with two attached hydrogens (primary N) is 1. The van der Waals surface area contributed by atoms with Crippen LogP contribution in [0.3, 0.4) is 0 Å². The molecule has 7 N–H and O–H groups in total. The number of aromatic nitrogens is 3.